The number of carbonyl (C=O) groups excluding carboxylic acids is 6. The Bertz CT molecular complexity index is 3090. The second kappa shape index (κ2) is 30.9. The lowest BCUT2D eigenvalue weighted by Gasteiger charge is -2.36. The van der Waals surface area contributed by atoms with Gasteiger partial charge in [0.05, 0.1) is 48.9 Å². The molecule has 0 unspecified atom stereocenters. The lowest BCUT2D eigenvalue weighted by atomic mass is 9.96. The van der Waals surface area contributed by atoms with Crippen LogP contribution in [0.25, 0.3) is 0 Å². The van der Waals surface area contributed by atoms with Crippen molar-refractivity contribution in [2.45, 2.75) is 203 Å². The molecule has 4 aliphatic heterocycles. The number of amides is 6. The van der Waals surface area contributed by atoms with Crippen molar-refractivity contribution in [2.24, 2.45) is 0 Å². The molecule has 6 heterocycles. The molecule has 10 rings (SSSR count). The molecule has 0 bridgehead atoms. The predicted octanol–water partition coefficient (Wildman–Crippen LogP) is 6.32. The maximum absolute atomic E-state index is 14.3. The number of aromatic nitrogens is 6. The monoisotopic (exact) mass is 1210 g/mol. The minimum atomic E-state index is -0.666. The van der Waals surface area contributed by atoms with Crippen molar-refractivity contribution >= 4 is 35.4 Å². The van der Waals surface area contributed by atoms with Gasteiger partial charge in [-0.3, -0.25) is 33.4 Å². The molecule has 21 heteroatoms. The molecule has 6 aromatic rings. The maximum atomic E-state index is 14.3. The normalized spacial score (nSPS) is 21.7. The zero-order chi connectivity index (χ0) is 62.2. The molecule has 0 radical (unpaired) electrons. The highest BCUT2D eigenvalue weighted by atomic mass is 16.5. The first-order valence-corrected chi connectivity index (χ1v) is 32.2. The van der Waals surface area contributed by atoms with Crippen LogP contribution in [0.4, 0.5) is 0 Å². The average molecular weight is 1210 g/mol. The number of rotatable bonds is 26. The van der Waals surface area contributed by atoms with Gasteiger partial charge < -0.3 is 46.4 Å². The number of likely N-dealkylation sites (N-methyl/N-ethyl adjacent to an activating group) is 2. The summed E-state index contributed by atoms with van der Waals surface area (Å²) in [7, 11) is 3.43. The number of hydrogen-bond acceptors (Lipinski definition) is 13. The molecular formula is C68H88N14O7. The molecule has 10 atom stereocenters. The van der Waals surface area contributed by atoms with E-state index >= 15 is 0 Å². The molecule has 2 aromatic heterocycles. The number of hydrogen-bond donors (Lipinski definition) is 6. The number of ether oxygens (including phenoxy) is 1. The van der Waals surface area contributed by atoms with Crippen molar-refractivity contribution in [1.82, 2.24) is 71.7 Å². The third kappa shape index (κ3) is 16.4. The molecule has 4 aromatic carbocycles. The lowest BCUT2D eigenvalue weighted by molar-refractivity contribution is -0.144. The summed E-state index contributed by atoms with van der Waals surface area (Å²) in [5.74, 6) is -1.18. The van der Waals surface area contributed by atoms with Gasteiger partial charge in [-0.1, -0.05) is 145 Å². The van der Waals surface area contributed by atoms with Crippen molar-refractivity contribution in [1.29, 1.82) is 0 Å². The first kappa shape index (κ1) is 63.9. The van der Waals surface area contributed by atoms with Crippen molar-refractivity contribution < 1.29 is 33.5 Å². The fraction of sp³-hybridized carbons (Fsp3) is 0.500. The molecule has 0 aliphatic carbocycles. The van der Waals surface area contributed by atoms with Gasteiger partial charge in [0, 0.05) is 18.6 Å². The van der Waals surface area contributed by atoms with Crippen LogP contribution < -0.4 is 31.9 Å². The highest BCUT2D eigenvalue weighted by Gasteiger charge is 2.46. The standard InChI is InChI=1S/C68H88N14O7/c1-45(69-3)63(83)71-57-26-13-11-24-55-36-38-59(81(55)67(57)87)65(85)73-61(49-19-7-5-8-20-49)51-32-28-47(29-33-51)17-15-23-53-41-80(78-75-53)44-89-43-54-42-79(77-76-54)40-16-18-48-30-34-52(35-31-48)62(50-21-9-6-10-22-50)74-66(86)60-39-37-56-25-12-14-27-58(68(88)82(56)60)72-64(84)46(2)70-4/h5-10,19-22,28-35,41-42,45-46,55-62,69-70H,11-18,23-27,36-40,43-44H2,1-4H3,(H,71,83)(H,72,84)(H,73,85)(H,74,86)/t45-,46-,55-,56-,57-,58-,59-,60-,61+,62-/m0/s1. The summed E-state index contributed by atoms with van der Waals surface area (Å²) >= 11 is 0. The number of benzene rings is 4. The maximum Gasteiger partial charge on any atom is 0.246 e. The quantitative estimate of drug-likeness (QED) is 0.0349. The fourth-order valence-electron chi connectivity index (χ4n) is 13.1. The summed E-state index contributed by atoms with van der Waals surface area (Å²) in [6.07, 6.45) is 16.9. The van der Waals surface area contributed by atoms with Gasteiger partial charge in [0.1, 0.15) is 36.6 Å². The SMILES string of the molecule is CN[C@@H](C)C(=O)N[C@H]1CCCC[C@H]2CC[C@@H](C(=O)N[C@H](c3ccccc3)c3ccc(CCCc4cn(COCc5cn(CCCc6ccc([C@@H](NC(=O)[C@@H]7CC[C@@H]8CCCC[C@H](NC(=O)[C@H](C)NC)C(=O)N87)c7ccccc7)cc6)nn5)nn4)cc3)N2C1=O. The van der Waals surface area contributed by atoms with E-state index in [0.29, 0.717) is 37.9 Å². The molecule has 89 heavy (non-hydrogen) atoms. The third-order valence-corrected chi connectivity index (χ3v) is 18.4. The van der Waals surface area contributed by atoms with E-state index in [2.05, 4.69) is 101 Å². The summed E-state index contributed by atoms with van der Waals surface area (Å²) in [6, 6.07) is 32.2. The second-order valence-electron chi connectivity index (χ2n) is 24.5. The lowest BCUT2D eigenvalue weighted by Crippen LogP contribution is -2.58. The van der Waals surface area contributed by atoms with Gasteiger partial charge in [-0.2, -0.15) is 0 Å². The van der Waals surface area contributed by atoms with Gasteiger partial charge in [0.2, 0.25) is 35.4 Å². The first-order chi connectivity index (χ1) is 43.3. The molecule has 21 nitrogen and oxygen atoms in total. The molecule has 4 aliphatic rings. The highest BCUT2D eigenvalue weighted by molar-refractivity contribution is 5.95. The van der Waals surface area contributed by atoms with E-state index in [9.17, 15) is 28.8 Å². The van der Waals surface area contributed by atoms with E-state index in [1.807, 2.05) is 77.7 Å². The minimum Gasteiger partial charge on any atom is -0.353 e. The summed E-state index contributed by atoms with van der Waals surface area (Å²) in [5.41, 5.74) is 7.67. The number of nitrogens with one attached hydrogen (secondary N) is 6. The van der Waals surface area contributed by atoms with Crippen molar-refractivity contribution in [3.05, 3.63) is 166 Å². The van der Waals surface area contributed by atoms with E-state index in [1.165, 1.54) is 0 Å². The van der Waals surface area contributed by atoms with Crippen LogP contribution in [0, 0.1) is 0 Å². The Balaban J connectivity index is 0.661. The molecule has 0 saturated carbocycles. The predicted molar refractivity (Wildman–Crippen MR) is 336 cm³/mol. The molecular weight excluding hydrogens is 1120 g/mol. The van der Waals surface area contributed by atoms with Crippen LogP contribution in [0.5, 0.6) is 0 Å². The van der Waals surface area contributed by atoms with Gasteiger partial charge in [-0.15, -0.1) is 10.2 Å². The van der Waals surface area contributed by atoms with Gasteiger partial charge >= 0.3 is 0 Å². The zero-order valence-electron chi connectivity index (χ0n) is 51.9. The van der Waals surface area contributed by atoms with Crippen LogP contribution >= 0.6 is 0 Å². The summed E-state index contributed by atoms with van der Waals surface area (Å²) in [6.45, 7) is 4.68. The Kier molecular flexibility index (Phi) is 22.1. The molecule has 4 saturated heterocycles. The van der Waals surface area contributed by atoms with Crippen LogP contribution in [0.1, 0.15) is 161 Å². The van der Waals surface area contributed by atoms with Gasteiger partial charge in [0.15, 0.2) is 0 Å². The van der Waals surface area contributed by atoms with E-state index < -0.39 is 48.3 Å². The highest BCUT2D eigenvalue weighted by Crippen LogP contribution is 2.35. The van der Waals surface area contributed by atoms with Crippen LogP contribution in [0.2, 0.25) is 0 Å². The van der Waals surface area contributed by atoms with Crippen LogP contribution in [-0.4, -0.2) is 138 Å². The Labute approximate surface area is 522 Å². The number of fused-ring (bicyclic) bond motifs is 2. The topological polar surface area (TPSA) is 252 Å². The largest absolute Gasteiger partial charge is 0.353 e. The minimum absolute atomic E-state index is 0.0340. The Morgan fingerprint density at radius 1 is 0.517 bits per heavy atom. The van der Waals surface area contributed by atoms with Crippen LogP contribution in [0.15, 0.2) is 122 Å². The van der Waals surface area contributed by atoms with Gasteiger partial charge in [-0.25, -0.2) is 4.68 Å². The van der Waals surface area contributed by atoms with E-state index in [0.717, 1.165) is 123 Å². The van der Waals surface area contributed by atoms with Crippen molar-refractivity contribution in [3.63, 3.8) is 0 Å². The molecule has 6 amide bonds. The smallest absolute Gasteiger partial charge is 0.246 e. The number of nitrogens with zero attached hydrogens (tertiary/aromatic N) is 8. The molecule has 0 spiro atoms. The Morgan fingerprint density at radius 3 is 1.45 bits per heavy atom. The van der Waals surface area contributed by atoms with E-state index in [-0.39, 0.29) is 60.9 Å². The van der Waals surface area contributed by atoms with Crippen molar-refractivity contribution in [3.8, 4) is 0 Å². The second-order valence-corrected chi connectivity index (χ2v) is 24.5. The number of aryl methyl sites for hydroxylation is 4. The summed E-state index contributed by atoms with van der Waals surface area (Å²) < 4.78 is 9.48. The zero-order valence-corrected chi connectivity index (χ0v) is 51.9. The van der Waals surface area contributed by atoms with Crippen LogP contribution in [0.3, 0.4) is 0 Å². The summed E-state index contributed by atoms with van der Waals surface area (Å²) in [5, 5.41) is 35.9. The third-order valence-electron chi connectivity index (χ3n) is 18.4. The molecule has 472 valence electrons. The Morgan fingerprint density at radius 2 is 0.955 bits per heavy atom. The number of carbonyl (C=O) groups is 6. The fourth-order valence-corrected chi connectivity index (χ4v) is 13.1. The van der Waals surface area contributed by atoms with Crippen LogP contribution in [-0.2, 0) is 72.6 Å². The average Bonchev–Trinajstić information content (AvgIpc) is 4.45. The van der Waals surface area contributed by atoms with Gasteiger partial charge in [0.25, 0.3) is 0 Å². The molecule has 4 fully saturated rings. The Hall–Kier alpha value is -8.14. The summed E-state index contributed by atoms with van der Waals surface area (Å²) in [4.78, 5) is 86.2. The van der Waals surface area contributed by atoms with E-state index in [4.69, 9.17) is 4.74 Å². The van der Waals surface area contributed by atoms with Gasteiger partial charge in [-0.05, 0) is 145 Å². The van der Waals surface area contributed by atoms with E-state index in [1.54, 1.807) is 42.4 Å². The molecule has 6 N–H and O–H groups in total. The first-order valence-electron chi connectivity index (χ1n) is 32.2. The van der Waals surface area contributed by atoms with Crippen molar-refractivity contribution in [2.75, 3.05) is 14.1 Å².